The topological polar surface area (TPSA) is 178 Å². The summed E-state index contributed by atoms with van der Waals surface area (Å²) in [6.07, 6.45) is 3.33. The van der Waals surface area contributed by atoms with Crippen LogP contribution in [0, 0.1) is 36.5 Å². The van der Waals surface area contributed by atoms with E-state index in [0.29, 0.717) is 29.5 Å². The Kier molecular flexibility index (Phi) is 7.36. The third-order valence-electron chi connectivity index (χ3n) is 9.80. The largest absolute Gasteiger partial charge is 0.507 e. The van der Waals surface area contributed by atoms with Crippen molar-refractivity contribution in [2.45, 2.75) is 57.2 Å². The van der Waals surface area contributed by atoms with Crippen molar-refractivity contribution in [3.05, 3.63) is 64.7 Å². The van der Waals surface area contributed by atoms with Gasteiger partial charge in [0.15, 0.2) is 34.7 Å². The van der Waals surface area contributed by atoms with Crippen molar-refractivity contribution in [2.75, 3.05) is 0 Å². The van der Waals surface area contributed by atoms with Crippen LogP contribution in [0.15, 0.2) is 42.5 Å². The number of nitrogens with two attached hydrogens (primary N) is 1. The van der Waals surface area contributed by atoms with Gasteiger partial charge in [0.1, 0.15) is 11.9 Å². The minimum Gasteiger partial charge on any atom is -0.507 e. The van der Waals surface area contributed by atoms with E-state index in [1.54, 1.807) is 18.2 Å². The van der Waals surface area contributed by atoms with Gasteiger partial charge in [0.2, 0.25) is 5.91 Å². The zero-order valence-corrected chi connectivity index (χ0v) is 24.2. The Bertz CT molecular complexity index is 1630. The molecule has 2 aromatic rings. The standard InChI is InChI=1S/C34H33NO9/c1-16-10-12-17(13-11-16)14-20-19-8-5-9-22(36)24(19)28(38)27-25(20)29(44-33(42)18-6-3-2-4-7-18)21-15-23(37)26(32(35)41)30(39)34(21,43)31(27)40/h5,8-14,18,21,25-27,29,36,43H,2-4,6-7,15H2,1H3,(H2,35,41)/t21-,25-,26?,27?,29-,34-/m1/s1. The summed E-state index contributed by atoms with van der Waals surface area (Å²) in [4.78, 5) is 81.1. The summed E-state index contributed by atoms with van der Waals surface area (Å²) in [6.45, 7) is 1.91. The van der Waals surface area contributed by atoms with Crippen molar-refractivity contribution in [2.24, 2.45) is 35.3 Å². The lowest BCUT2D eigenvalue weighted by Gasteiger charge is -2.52. The van der Waals surface area contributed by atoms with Crippen molar-refractivity contribution in [3.63, 3.8) is 0 Å². The molecule has 10 heteroatoms. The molecule has 3 fully saturated rings. The smallest absolute Gasteiger partial charge is 0.309 e. The van der Waals surface area contributed by atoms with Crippen LogP contribution in [0.25, 0.3) is 11.6 Å². The van der Waals surface area contributed by atoms with Crippen LogP contribution < -0.4 is 5.73 Å². The summed E-state index contributed by atoms with van der Waals surface area (Å²) in [5.41, 5.74) is 4.52. The Morgan fingerprint density at radius 3 is 2.32 bits per heavy atom. The maximum Gasteiger partial charge on any atom is 0.309 e. The van der Waals surface area contributed by atoms with E-state index in [1.807, 2.05) is 31.2 Å². The molecule has 4 aliphatic rings. The average Bonchev–Trinajstić information content (AvgIpc) is 2.99. The van der Waals surface area contributed by atoms with Crippen LogP contribution in [0.4, 0.5) is 0 Å². The molecular formula is C34H33NO9. The molecule has 0 heterocycles. The molecule has 6 rings (SSSR count). The van der Waals surface area contributed by atoms with Gasteiger partial charge >= 0.3 is 5.97 Å². The lowest BCUT2D eigenvalue weighted by atomic mass is 9.51. The Labute approximate surface area is 253 Å². The van der Waals surface area contributed by atoms with Gasteiger partial charge in [-0.15, -0.1) is 0 Å². The number of primary amides is 1. The predicted octanol–water partition coefficient (Wildman–Crippen LogP) is 2.74. The van der Waals surface area contributed by atoms with Gasteiger partial charge in [-0.2, -0.15) is 0 Å². The highest BCUT2D eigenvalue weighted by molar-refractivity contribution is 6.32. The van der Waals surface area contributed by atoms with Gasteiger partial charge in [-0.1, -0.05) is 67.3 Å². The van der Waals surface area contributed by atoms with Crippen molar-refractivity contribution in [3.8, 4) is 5.75 Å². The number of carbonyl (C=O) groups is 6. The van der Waals surface area contributed by atoms with E-state index in [1.165, 1.54) is 6.07 Å². The molecular weight excluding hydrogens is 566 g/mol. The number of esters is 1. The number of benzene rings is 2. The maximum absolute atomic E-state index is 14.3. The van der Waals surface area contributed by atoms with Crippen molar-refractivity contribution in [1.82, 2.24) is 0 Å². The first kappa shape index (κ1) is 29.6. The molecule has 0 aromatic heterocycles. The number of phenols is 1. The second kappa shape index (κ2) is 10.9. The summed E-state index contributed by atoms with van der Waals surface area (Å²) in [5, 5.41) is 22.8. The number of amides is 1. The minimum absolute atomic E-state index is 0.175. The van der Waals surface area contributed by atoms with Crippen LogP contribution in [-0.4, -0.2) is 56.9 Å². The zero-order chi connectivity index (χ0) is 31.5. The fraction of sp³-hybridized carbons (Fsp3) is 0.412. The van der Waals surface area contributed by atoms with E-state index in [2.05, 4.69) is 0 Å². The number of phenolic OH excluding ortho intramolecular Hbond substituents is 1. The van der Waals surface area contributed by atoms with Gasteiger partial charge in [-0.25, -0.2) is 0 Å². The Morgan fingerprint density at radius 1 is 0.977 bits per heavy atom. The number of Topliss-reactive ketones (excluding diaryl/α,β-unsaturated/α-hetero) is 4. The molecule has 228 valence electrons. The monoisotopic (exact) mass is 599 g/mol. The molecule has 0 bridgehead atoms. The average molecular weight is 600 g/mol. The van der Waals surface area contributed by atoms with Crippen LogP contribution in [0.3, 0.4) is 0 Å². The molecule has 0 aliphatic heterocycles. The van der Waals surface area contributed by atoms with Crippen LogP contribution in [0.5, 0.6) is 5.75 Å². The van der Waals surface area contributed by atoms with Gasteiger partial charge in [-0.05, 0) is 42.5 Å². The van der Waals surface area contributed by atoms with Crippen LogP contribution in [-0.2, 0) is 28.7 Å². The summed E-state index contributed by atoms with van der Waals surface area (Å²) < 4.78 is 6.13. The second-order valence-corrected chi connectivity index (χ2v) is 12.4. The third-order valence-corrected chi connectivity index (χ3v) is 9.80. The number of ether oxygens (including phenoxy) is 1. The molecule has 1 amide bonds. The summed E-state index contributed by atoms with van der Waals surface area (Å²) in [6, 6.07) is 11.8. The van der Waals surface area contributed by atoms with Gasteiger partial charge in [-0.3, -0.25) is 28.8 Å². The molecule has 4 aliphatic carbocycles. The van der Waals surface area contributed by atoms with Crippen molar-refractivity contribution < 1.29 is 43.7 Å². The zero-order valence-electron chi connectivity index (χ0n) is 24.2. The summed E-state index contributed by atoms with van der Waals surface area (Å²) in [7, 11) is 0. The highest BCUT2D eigenvalue weighted by Crippen LogP contribution is 2.55. The Balaban J connectivity index is 1.58. The number of ketones is 4. The molecule has 6 atom stereocenters. The summed E-state index contributed by atoms with van der Waals surface area (Å²) in [5.74, 6) is -13.8. The fourth-order valence-electron chi connectivity index (χ4n) is 7.57. The van der Waals surface area contributed by atoms with Crippen LogP contribution >= 0.6 is 0 Å². The summed E-state index contributed by atoms with van der Waals surface area (Å²) >= 11 is 0. The number of carbonyl (C=O) groups excluding carboxylic acids is 6. The first-order valence-electron chi connectivity index (χ1n) is 14.9. The minimum atomic E-state index is -3.00. The van der Waals surface area contributed by atoms with Crippen LogP contribution in [0.1, 0.15) is 65.6 Å². The number of fused-ring (bicyclic) bond motifs is 3. The Morgan fingerprint density at radius 2 is 1.66 bits per heavy atom. The van der Waals surface area contributed by atoms with E-state index in [0.717, 1.165) is 24.8 Å². The highest BCUT2D eigenvalue weighted by atomic mass is 16.5. The molecule has 0 radical (unpaired) electrons. The van der Waals surface area contributed by atoms with Gasteiger partial charge < -0.3 is 20.7 Å². The lowest BCUT2D eigenvalue weighted by molar-refractivity contribution is -0.196. The number of aliphatic hydroxyl groups is 1. The Hall–Kier alpha value is -4.44. The fourth-order valence-corrected chi connectivity index (χ4v) is 7.57. The van der Waals surface area contributed by atoms with E-state index in [9.17, 15) is 39.0 Å². The third kappa shape index (κ3) is 4.51. The first-order chi connectivity index (χ1) is 20.9. The van der Waals surface area contributed by atoms with E-state index >= 15 is 0 Å². The number of aryl methyl sites for hydroxylation is 1. The predicted molar refractivity (Wildman–Crippen MR) is 156 cm³/mol. The van der Waals surface area contributed by atoms with Gasteiger partial charge in [0.25, 0.3) is 0 Å². The second-order valence-electron chi connectivity index (χ2n) is 12.4. The number of hydrogen-bond donors (Lipinski definition) is 3. The molecule has 2 unspecified atom stereocenters. The molecule has 0 saturated heterocycles. The molecule has 4 N–H and O–H groups in total. The van der Waals surface area contributed by atoms with Gasteiger partial charge in [0, 0.05) is 18.3 Å². The number of aromatic hydroxyl groups is 1. The van der Waals surface area contributed by atoms with E-state index in [-0.39, 0.29) is 5.56 Å². The normalized spacial score (nSPS) is 31.2. The molecule has 44 heavy (non-hydrogen) atoms. The SMILES string of the molecule is Cc1ccc(C=C2c3cccc(O)c3C(=O)C3C(=O)[C@]4(O)C(=O)C(C(N)=O)C(=O)C[C@@H]4[C@@H](OC(=O)C4CCCCC4)[C@H]23)cc1. The quantitative estimate of drug-likeness (QED) is 0.352. The number of rotatable bonds is 4. The molecule has 0 spiro atoms. The molecule has 10 nitrogen and oxygen atoms in total. The van der Waals surface area contributed by atoms with Crippen molar-refractivity contribution >= 4 is 46.7 Å². The van der Waals surface area contributed by atoms with Crippen molar-refractivity contribution in [1.29, 1.82) is 0 Å². The molecule has 3 saturated carbocycles. The van der Waals surface area contributed by atoms with E-state index in [4.69, 9.17) is 10.5 Å². The maximum atomic E-state index is 14.3. The first-order valence-corrected chi connectivity index (χ1v) is 14.9. The molecule has 2 aromatic carbocycles. The van der Waals surface area contributed by atoms with Gasteiger partial charge in [0.05, 0.1) is 17.4 Å². The highest BCUT2D eigenvalue weighted by Gasteiger charge is 2.71. The lowest BCUT2D eigenvalue weighted by Crippen LogP contribution is -2.72. The number of hydrogen-bond acceptors (Lipinski definition) is 9. The van der Waals surface area contributed by atoms with Crippen LogP contribution in [0.2, 0.25) is 0 Å². The van der Waals surface area contributed by atoms with E-state index < -0.39 is 88.5 Å².